The Kier molecular flexibility index (Phi) is 12.5. The van der Waals surface area contributed by atoms with Crippen LogP contribution in [-0.4, -0.2) is 11.6 Å². The Morgan fingerprint density at radius 1 is 0.724 bits per heavy atom. The zero-order chi connectivity index (χ0) is 23.5. The fraction of sp³-hybridized carbons (Fsp3) is 0.846. The molecule has 0 aromatic rings. The summed E-state index contributed by atoms with van der Waals surface area (Å²) in [5.41, 5.74) is -0.0312. The predicted octanol–water partition coefficient (Wildman–Crippen LogP) is 7.61. The van der Waals surface area contributed by atoms with Gasteiger partial charge in [0.25, 0.3) is 0 Å². The molecule has 0 aromatic heterocycles. The van der Waals surface area contributed by atoms with Crippen molar-refractivity contribution in [2.24, 2.45) is 38.9 Å². The quantitative estimate of drug-likeness (QED) is 0.322. The average Bonchev–Trinajstić information content (AvgIpc) is 2.32. The Morgan fingerprint density at radius 3 is 1.14 bits per heavy atom. The summed E-state index contributed by atoms with van der Waals surface area (Å²) in [7, 11) is 0. The van der Waals surface area contributed by atoms with E-state index in [0.717, 1.165) is 6.42 Å². The van der Waals surface area contributed by atoms with E-state index in [9.17, 15) is 9.59 Å². The molecule has 2 nitrogen and oxygen atoms in total. The van der Waals surface area contributed by atoms with E-state index in [0.29, 0.717) is 5.92 Å². The van der Waals surface area contributed by atoms with Crippen molar-refractivity contribution in [2.75, 3.05) is 0 Å². The van der Waals surface area contributed by atoms with E-state index in [1.165, 1.54) is 0 Å². The molecule has 3 atom stereocenters. The van der Waals surface area contributed by atoms with Gasteiger partial charge in [-0.3, -0.25) is 0 Å². The van der Waals surface area contributed by atoms with Crippen molar-refractivity contribution in [2.45, 2.75) is 103 Å². The first kappa shape index (κ1) is 33.4. The van der Waals surface area contributed by atoms with Gasteiger partial charge in [-0.15, -0.1) is 0 Å². The van der Waals surface area contributed by atoms with E-state index in [2.05, 4.69) is 104 Å². The van der Waals surface area contributed by atoms with Gasteiger partial charge in [-0.25, -0.2) is 0 Å². The van der Waals surface area contributed by atoms with Crippen LogP contribution >= 0.6 is 0 Å². The maximum Gasteiger partial charge on any atom is 2.00 e. The number of hydrogen-bond donors (Lipinski definition) is 0. The Labute approximate surface area is 198 Å². The Balaban J connectivity index is -0.000000451. The number of carbonyl (C=O) groups is 2. The van der Waals surface area contributed by atoms with E-state index in [-0.39, 0.29) is 65.6 Å². The Bertz CT molecular complexity index is 521. The third-order valence-corrected chi connectivity index (χ3v) is 6.30. The van der Waals surface area contributed by atoms with Crippen molar-refractivity contribution in [3.63, 3.8) is 0 Å². The van der Waals surface area contributed by atoms with Gasteiger partial charge in [0.05, 0.1) is 0 Å². The molecule has 0 N–H and O–H groups in total. The first-order valence-electron chi connectivity index (χ1n) is 10.6. The number of ketones is 2. The summed E-state index contributed by atoms with van der Waals surface area (Å²) >= 11 is 0. The minimum Gasteiger partial charge on any atom is -0.339 e. The SMILES string of the molecule is [CH2-]C(=O)C(C(C)C(C)(C)C)C(C)(C)C.[CH2-]C(=O)C(C)(CC(C)(C)C)C(C)(C)C.[W+2]. The molecule has 0 fully saturated rings. The molecule has 0 rings (SSSR count). The summed E-state index contributed by atoms with van der Waals surface area (Å²) in [6, 6.07) is 0. The summed E-state index contributed by atoms with van der Waals surface area (Å²) in [6.07, 6.45) is 0.881. The first-order valence-corrected chi connectivity index (χ1v) is 10.6. The van der Waals surface area contributed by atoms with Crippen LogP contribution in [0.2, 0.25) is 0 Å². The van der Waals surface area contributed by atoms with Crippen LogP contribution in [0.1, 0.15) is 103 Å². The third kappa shape index (κ3) is 11.1. The van der Waals surface area contributed by atoms with Crippen LogP contribution in [0.25, 0.3) is 0 Å². The van der Waals surface area contributed by atoms with Gasteiger partial charge in [0.1, 0.15) is 0 Å². The smallest absolute Gasteiger partial charge is 0.339 e. The molecule has 29 heavy (non-hydrogen) atoms. The maximum absolute atomic E-state index is 11.7. The van der Waals surface area contributed by atoms with Gasteiger partial charge in [0, 0.05) is 17.0 Å². The van der Waals surface area contributed by atoms with Gasteiger partial charge < -0.3 is 23.4 Å². The number of carbonyl (C=O) groups excluding carboxylic acids is 2. The summed E-state index contributed by atoms with van der Waals surface area (Å²) in [5.74, 6) is 0.523. The Morgan fingerprint density at radius 2 is 1.07 bits per heavy atom. The largest absolute Gasteiger partial charge is 2.00 e. The second kappa shape index (κ2) is 10.9. The number of hydrogen-bond acceptors (Lipinski definition) is 2. The Hall–Kier alpha value is -0.232. The zero-order valence-corrected chi connectivity index (χ0v) is 24.9. The molecule has 3 heteroatoms. The van der Waals surface area contributed by atoms with Gasteiger partial charge >= 0.3 is 21.1 Å². The summed E-state index contributed by atoms with van der Waals surface area (Å²) in [5, 5.41) is 0. The molecule has 0 amide bonds. The summed E-state index contributed by atoms with van der Waals surface area (Å²) in [4.78, 5) is 23.2. The van der Waals surface area contributed by atoms with E-state index in [4.69, 9.17) is 0 Å². The van der Waals surface area contributed by atoms with Crippen LogP contribution in [0.5, 0.6) is 0 Å². The normalized spacial score (nSPS) is 17.0. The molecule has 0 aliphatic carbocycles. The van der Waals surface area contributed by atoms with E-state index >= 15 is 0 Å². The minimum atomic E-state index is -0.328. The van der Waals surface area contributed by atoms with Gasteiger partial charge in [-0.05, 0) is 39.9 Å². The van der Waals surface area contributed by atoms with Gasteiger partial charge in [-0.1, -0.05) is 96.9 Å². The minimum absolute atomic E-state index is 0. The first-order chi connectivity index (χ1) is 11.9. The van der Waals surface area contributed by atoms with Crippen LogP contribution in [0.3, 0.4) is 0 Å². The summed E-state index contributed by atoms with van der Waals surface area (Å²) in [6.45, 7) is 37.1. The fourth-order valence-corrected chi connectivity index (χ4v) is 3.85. The van der Waals surface area contributed by atoms with Gasteiger partial charge in [0.15, 0.2) is 0 Å². The van der Waals surface area contributed by atoms with Crippen molar-refractivity contribution in [1.82, 2.24) is 0 Å². The van der Waals surface area contributed by atoms with Crippen molar-refractivity contribution < 1.29 is 30.7 Å². The molecule has 172 valence electrons. The second-order valence-corrected chi connectivity index (χ2v) is 13.2. The molecule has 0 aliphatic rings. The van der Waals surface area contributed by atoms with Gasteiger partial charge in [0.2, 0.25) is 0 Å². The zero-order valence-electron chi connectivity index (χ0n) is 22.0. The average molecular weight is 579 g/mol. The molecule has 0 aliphatic heterocycles. The molecule has 0 heterocycles. The van der Waals surface area contributed by atoms with Crippen molar-refractivity contribution in [1.29, 1.82) is 0 Å². The fourth-order valence-electron chi connectivity index (χ4n) is 3.85. The molecule has 0 radical (unpaired) electrons. The molecule has 0 saturated heterocycles. The van der Waals surface area contributed by atoms with Crippen LogP contribution in [0, 0.1) is 52.8 Å². The molecule has 0 bridgehead atoms. The third-order valence-electron chi connectivity index (χ3n) is 6.30. The van der Waals surface area contributed by atoms with Crippen molar-refractivity contribution in [3.05, 3.63) is 13.8 Å². The standard InChI is InChI=1S/2C13H25O.W/c1-10(14)13(8,12(5,6)7)9-11(2,3)4;1-9(12(3,4)5)11(10(2)14)13(6,7)8;/h1,9H2,2-8H3;9,11H,2H2,1,3-8H3;/q2*-1;+2. The second-order valence-electron chi connectivity index (χ2n) is 13.2. The van der Waals surface area contributed by atoms with Crippen LogP contribution in [0.4, 0.5) is 0 Å². The van der Waals surface area contributed by atoms with E-state index in [1.54, 1.807) is 0 Å². The predicted molar refractivity (Wildman–Crippen MR) is 124 cm³/mol. The summed E-state index contributed by atoms with van der Waals surface area (Å²) < 4.78 is 0. The van der Waals surface area contributed by atoms with Gasteiger partial charge in [-0.2, -0.15) is 0 Å². The topological polar surface area (TPSA) is 34.1 Å². The maximum atomic E-state index is 11.7. The van der Waals surface area contributed by atoms with Crippen LogP contribution in [0.15, 0.2) is 0 Å². The van der Waals surface area contributed by atoms with Crippen molar-refractivity contribution in [3.8, 4) is 0 Å². The number of rotatable bonds is 4. The molecule has 3 unspecified atom stereocenters. The molecular formula is C26H50O2W. The number of Topliss-reactive ketones (excluding diaryl/α,β-unsaturated/α-hetero) is 2. The molecule has 0 spiro atoms. The van der Waals surface area contributed by atoms with E-state index < -0.39 is 0 Å². The van der Waals surface area contributed by atoms with Crippen LogP contribution < -0.4 is 0 Å². The molecular weight excluding hydrogens is 528 g/mol. The van der Waals surface area contributed by atoms with Crippen LogP contribution in [-0.2, 0) is 30.7 Å². The van der Waals surface area contributed by atoms with Crippen molar-refractivity contribution >= 4 is 11.6 Å². The molecule has 0 saturated carbocycles. The monoisotopic (exact) mass is 578 g/mol. The molecule has 0 aromatic carbocycles. The van der Waals surface area contributed by atoms with E-state index in [1.807, 2.05) is 6.92 Å².